The molecule has 1 amide bonds. The van der Waals surface area contributed by atoms with E-state index in [1.54, 1.807) is 18.2 Å². The lowest BCUT2D eigenvalue weighted by Crippen LogP contribution is -2.13. The number of nitrogens with one attached hydrogen (secondary N) is 1. The minimum Gasteiger partial charge on any atom is -0.496 e. The number of amides is 1. The predicted molar refractivity (Wildman–Crippen MR) is 80.1 cm³/mol. The van der Waals surface area contributed by atoms with Crippen LogP contribution in [0.1, 0.15) is 10.4 Å². The summed E-state index contributed by atoms with van der Waals surface area (Å²) in [6, 6.07) is 8.79. The highest BCUT2D eigenvalue weighted by molar-refractivity contribution is 9.10. The Hall–Kier alpha value is -1.59. The Labute approximate surface area is 128 Å². The third kappa shape index (κ3) is 3.29. The average Bonchev–Trinajstić information content (AvgIpc) is 2.42. The zero-order valence-corrected chi connectivity index (χ0v) is 12.8. The highest BCUT2D eigenvalue weighted by atomic mass is 79.9. The van der Waals surface area contributed by atoms with Gasteiger partial charge in [0.25, 0.3) is 5.91 Å². The van der Waals surface area contributed by atoms with Crippen LogP contribution in [0.25, 0.3) is 0 Å². The molecular formula is C14H10BrClFNO2. The lowest BCUT2D eigenvalue weighted by Gasteiger charge is -2.08. The van der Waals surface area contributed by atoms with Gasteiger partial charge in [-0.25, -0.2) is 4.39 Å². The van der Waals surface area contributed by atoms with Gasteiger partial charge < -0.3 is 10.1 Å². The normalized spacial score (nSPS) is 10.2. The van der Waals surface area contributed by atoms with E-state index in [4.69, 9.17) is 16.3 Å². The summed E-state index contributed by atoms with van der Waals surface area (Å²) < 4.78 is 19.3. The Bertz CT molecular complexity index is 664. The first-order chi connectivity index (χ1) is 9.51. The van der Waals surface area contributed by atoms with Crippen molar-refractivity contribution in [2.45, 2.75) is 0 Å². The maximum absolute atomic E-state index is 13.5. The van der Waals surface area contributed by atoms with E-state index in [0.717, 1.165) is 0 Å². The molecule has 2 aromatic carbocycles. The van der Waals surface area contributed by atoms with Gasteiger partial charge in [-0.15, -0.1) is 0 Å². The molecular weight excluding hydrogens is 349 g/mol. The summed E-state index contributed by atoms with van der Waals surface area (Å²) in [4.78, 5) is 12.0. The van der Waals surface area contributed by atoms with Gasteiger partial charge in [0.05, 0.1) is 17.3 Å². The second-order valence-corrected chi connectivity index (χ2v) is 5.22. The molecule has 0 bridgehead atoms. The number of hydrogen-bond donors (Lipinski definition) is 1. The van der Waals surface area contributed by atoms with Crippen molar-refractivity contribution < 1.29 is 13.9 Å². The minimum absolute atomic E-state index is 0.0365. The zero-order chi connectivity index (χ0) is 14.7. The maximum atomic E-state index is 13.5. The smallest absolute Gasteiger partial charge is 0.255 e. The second kappa shape index (κ2) is 6.24. The van der Waals surface area contributed by atoms with Crippen LogP contribution in [-0.2, 0) is 0 Å². The lowest BCUT2D eigenvalue weighted by atomic mass is 10.2. The molecule has 6 heteroatoms. The van der Waals surface area contributed by atoms with Crippen LogP contribution in [0, 0.1) is 5.82 Å². The first-order valence-corrected chi connectivity index (χ1v) is 6.78. The number of rotatable bonds is 3. The minimum atomic E-state index is -0.546. The summed E-state index contributed by atoms with van der Waals surface area (Å²) in [5, 5.41) is 2.82. The van der Waals surface area contributed by atoms with Crippen LogP contribution < -0.4 is 10.1 Å². The molecule has 0 heterocycles. The molecule has 0 radical (unpaired) electrons. The quantitative estimate of drug-likeness (QED) is 0.877. The van der Waals surface area contributed by atoms with Gasteiger partial charge >= 0.3 is 0 Å². The average molecular weight is 359 g/mol. The van der Waals surface area contributed by atoms with Crippen LogP contribution in [0.5, 0.6) is 5.75 Å². The lowest BCUT2D eigenvalue weighted by molar-refractivity contribution is 0.102. The van der Waals surface area contributed by atoms with Gasteiger partial charge in [0, 0.05) is 10.6 Å². The molecule has 20 heavy (non-hydrogen) atoms. The molecule has 0 aliphatic heterocycles. The van der Waals surface area contributed by atoms with Gasteiger partial charge in [-0.3, -0.25) is 4.79 Å². The van der Waals surface area contributed by atoms with Gasteiger partial charge in [-0.2, -0.15) is 0 Å². The van der Waals surface area contributed by atoms with Crippen molar-refractivity contribution in [1.29, 1.82) is 0 Å². The van der Waals surface area contributed by atoms with E-state index in [1.165, 1.54) is 25.3 Å². The van der Waals surface area contributed by atoms with Crippen molar-refractivity contribution in [3.63, 3.8) is 0 Å². The van der Waals surface area contributed by atoms with Crippen LogP contribution in [-0.4, -0.2) is 13.0 Å². The molecule has 0 spiro atoms. The van der Waals surface area contributed by atoms with Gasteiger partial charge in [0.1, 0.15) is 11.6 Å². The molecule has 0 saturated heterocycles. The number of anilines is 1. The fourth-order valence-corrected chi connectivity index (χ4v) is 2.31. The highest BCUT2D eigenvalue weighted by Crippen LogP contribution is 2.26. The molecule has 0 unspecified atom stereocenters. The first-order valence-electron chi connectivity index (χ1n) is 5.61. The Morgan fingerprint density at radius 1 is 1.30 bits per heavy atom. The second-order valence-electron chi connectivity index (χ2n) is 3.93. The van der Waals surface area contributed by atoms with Crippen molar-refractivity contribution in [2.75, 3.05) is 12.4 Å². The first kappa shape index (κ1) is 14.8. The molecule has 0 aromatic heterocycles. The van der Waals surface area contributed by atoms with Crippen LogP contribution in [0.3, 0.4) is 0 Å². The summed E-state index contributed by atoms with van der Waals surface area (Å²) in [6.45, 7) is 0. The molecule has 2 aromatic rings. The van der Waals surface area contributed by atoms with E-state index in [-0.39, 0.29) is 5.69 Å². The molecule has 3 nitrogen and oxygen atoms in total. The zero-order valence-electron chi connectivity index (χ0n) is 10.4. The van der Waals surface area contributed by atoms with E-state index < -0.39 is 11.7 Å². The molecule has 0 aliphatic carbocycles. The topological polar surface area (TPSA) is 38.3 Å². The van der Waals surface area contributed by atoms with Crippen molar-refractivity contribution in [2.24, 2.45) is 0 Å². The fraction of sp³-hybridized carbons (Fsp3) is 0.0714. The Morgan fingerprint density at radius 3 is 2.70 bits per heavy atom. The Kier molecular flexibility index (Phi) is 4.62. The van der Waals surface area contributed by atoms with Crippen molar-refractivity contribution in [3.8, 4) is 5.75 Å². The number of methoxy groups -OCH3 is 1. The number of hydrogen-bond acceptors (Lipinski definition) is 2. The van der Waals surface area contributed by atoms with E-state index in [1.807, 2.05) is 0 Å². The summed E-state index contributed by atoms with van der Waals surface area (Å²) in [7, 11) is 1.53. The van der Waals surface area contributed by atoms with E-state index in [0.29, 0.717) is 20.8 Å². The largest absolute Gasteiger partial charge is 0.496 e. The number of ether oxygens (including phenoxy) is 1. The molecule has 2 rings (SSSR count). The predicted octanol–water partition coefficient (Wildman–Crippen LogP) is 4.50. The van der Waals surface area contributed by atoms with Crippen molar-refractivity contribution in [3.05, 3.63) is 57.3 Å². The van der Waals surface area contributed by atoms with Crippen LogP contribution >= 0.6 is 27.5 Å². The molecule has 104 valence electrons. The van der Waals surface area contributed by atoms with Crippen molar-refractivity contribution >= 4 is 39.1 Å². The number of carbonyl (C=O) groups is 1. The van der Waals surface area contributed by atoms with E-state index in [2.05, 4.69) is 21.2 Å². The molecule has 0 aliphatic rings. The van der Waals surface area contributed by atoms with E-state index in [9.17, 15) is 9.18 Å². The molecule has 0 atom stereocenters. The third-order valence-electron chi connectivity index (χ3n) is 2.59. The number of carbonyl (C=O) groups excluding carboxylic acids is 1. The monoisotopic (exact) mass is 357 g/mol. The van der Waals surface area contributed by atoms with E-state index >= 15 is 0 Å². The van der Waals surface area contributed by atoms with Gasteiger partial charge in [0.15, 0.2) is 0 Å². The summed E-state index contributed by atoms with van der Waals surface area (Å²) in [5.41, 5.74) is 0.409. The van der Waals surface area contributed by atoms with Crippen LogP contribution in [0.4, 0.5) is 10.1 Å². The summed E-state index contributed by atoms with van der Waals surface area (Å²) >= 11 is 9.06. The Balaban J connectivity index is 2.24. The molecule has 0 fully saturated rings. The number of halogens is 3. The van der Waals surface area contributed by atoms with Crippen LogP contribution in [0.15, 0.2) is 40.9 Å². The van der Waals surface area contributed by atoms with Gasteiger partial charge in [-0.05, 0) is 52.3 Å². The standard InChI is InChI=1S/C14H10BrClFNO2/c1-20-13-5-2-8(6-10(13)15)14(19)18-12-7-9(16)3-4-11(12)17/h2-7H,1H3,(H,18,19). The van der Waals surface area contributed by atoms with Gasteiger partial charge in [-0.1, -0.05) is 11.6 Å². The fourth-order valence-electron chi connectivity index (χ4n) is 1.60. The molecule has 0 saturated carbocycles. The maximum Gasteiger partial charge on any atom is 0.255 e. The van der Waals surface area contributed by atoms with Crippen molar-refractivity contribution in [1.82, 2.24) is 0 Å². The summed E-state index contributed by atoms with van der Waals surface area (Å²) in [5.74, 6) is -0.375. The highest BCUT2D eigenvalue weighted by Gasteiger charge is 2.11. The third-order valence-corrected chi connectivity index (χ3v) is 3.45. The summed E-state index contributed by atoms with van der Waals surface area (Å²) in [6.07, 6.45) is 0. The molecule has 1 N–H and O–H groups in total. The number of benzene rings is 2. The Morgan fingerprint density at radius 2 is 2.05 bits per heavy atom. The van der Waals surface area contributed by atoms with Gasteiger partial charge in [0.2, 0.25) is 0 Å². The van der Waals surface area contributed by atoms with Crippen LogP contribution in [0.2, 0.25) is 5.02 Å². The SMILES string of the molecule is COc1ccc(C(=O)Nc2cc(Cl)ccc2F)cc1Br.